The lowest BCUT2D eigenvalue weighted by molar-refractivity contribution is -0.142. The van der Waals surface area contributed by atoms with Gasteiger partial charge >= 0.3 is 0 Å². The Morgan fingerprint density at radius 1 is 0.892 bits per heavy atom. The number of rotatable bonds is 13. The number of amides is 2. The van der Waals surface area contributed by atoms with E-state index >= 15 is 0 Å². The molecule has 0 unspecified atom stereocenters. The number of hydrogen-bond acceptors (Lipinski definition) is 5. The predicted octanol–water partition coefficient (Wildman–Crippen LogP) is 4.90. The normalized spacial score (nSPS) is 11.4. The minimum Gasteiger partial charge on any atom is -0.496 e. The SMILES string of the molecule is CCCNC(=O)[C@@H](Cc1ccccc1)N(Cc1ccc(Cl)cc1)C(=O)COc1cc(OC)cc(OC)c1. The van der Waals surface area contributed by atoms with Crippen molar-refractivity contribution in [2.45, 2.75) is 32.4 Å². The van der Waals surface area contributed by atoms with E-state index in [1.165, 1.54) is 0 Å². The van der Waals surface area contributed by atoms with Crippen molar-refractivity contribution >= 4 is 23.4 Å². The Hall–Kier alpha value is -3.71. The molecule has 0 heterocycles. The van der Waals surface area contributed by atoms with Gasteiger partial charge in [0, 0.05) is 42.7 Å². The molecule has 1 atom stereocenters. The summed E-state index contributed by atoms with van der Waals surface area (Å²) in [5.41, 5.74) is 1.80. The minimum absolute atomic E-state index is 0.212. The zero-order valence-electron chi connectivity index (χ0n) is 21.4. The maximum Gasteiger partial charge on any atom is 0.261 e. The standard InChI is InChI=1S/C29H33ClN2O5/c1-4-14-31-29(34)27(15-21-8-6-5-7-9-21)32(19-22-10-12-23(30)13-11-22)28(33)20-37-26-17-24(35-2)16-25(18-26)36-3/h5-13,16-18,27H,4,14-15,19-20H2,1-3H3,(H,31,34)/t27-/m1/s1. The summed E-state index contributed by atoms with van der Waals surface area (Å²) < 4.78 is 16.4. The van der Waals surface area contributed by atoms with Gasteiger partial charge in [0.25, 0.3) is 5.91 Å². The molecule has 0 aromatic heterocycles. The van der Waals surface area contributed by atoms with Crippen LogP contribution in [0.4, 0.5) is 0 Å². The van der Waals surface area contributed by atoms with E-state index in [4.69, 9.17) is 25.8 Å². The molecule has 3 rings (SSSR count). The third-order valence-corrected chi connectivity index (χ3v) is 6.03. The highest BCUT2D eigenvalue weighted by Gasteiger charge is 2.30. The molecule has 3 aromatic rings. The van der Waals surface area contributed by atoms with Crippen LogP contribution in [0.1, 0.15) is 24.5 Å². The van der Waals surface area contributed by atoms with Crippen molar-refractivity contribution in [3.63, 3.8) is 0 Å². The fraction of sp³-hybridized carbons (Fsp3) is 0.310. The number of nitrogens with one attached hydrogen (secondary N) is 1. The first-order chi connectivity index (χ1) is 17.9. The Morgan fingerprint density at radius 2 is 1.51 bits per heavy atom. The molecule has 0 radical (unpaired) electrons. The number of hydrogen-bond donors (Lipinski definition) is 1. The molecule has 0 bridgehead atoms. The van der Waals surface area contributed by atoms with E-state index in [0.29, 0.717) is 35.2 Å². The van der Waals surface area contributed by atoms with Crippen molar-refractivity contribution in [1.29, 1.82) is 0 Å². The fourth-order valence-corrected chi connectivity index (χ4v) is 3.93. The maximum absolute atomic E-state index is 13.6. The quantitative estimate of drug-likeness (QED) is 0.344. The molecule has 196 valence electrons. The molecule has 0 saturated heterocycles. The Labute approximate surface area is 223 Å². The number of halogens is 1. The van der Waals surface area contributed by atoms with E-state index in [1.807, 2.05) is 49.4 Å². The van der Waals surface area contributed by atoms with Crippen molar-refractivity contribution in [2.75, 3.05) is 27.4 Å². The third kappa shape index (κ3) is 8.43. The lowest BCUT2D eigenvalue weighted by Crippen LogP contribution is -2.51. The van der Waals surface area contributed by atoms with E-state index < -0.39 is 6.04 Å². The second-order valence-corrected chi connectivity index (χ2v) is 8.92. The summed E-state index contributed by atoms with van der Waals surface area (Å²) in [6, 6.07) is 21.2. The van der Waals surface area contributed by atoms with Crippen LogP contribution in [0.25, 0.3) is 0 Å². The Morgan fingerprint density at radius 3 is 2.11 bits per heavy atom. The molecular formula is C29H33ClN2O5. The molecule has 8 heteroatoms. The average molecular weight is 525 g/mol. The third-order valence-electron chi connectivity index (χ3n) is 5.77. The monoisotopic (exact) mass is 524 g/mol. The minimum atomic E-state index is -0.736. The first-order valence-electron chi connectivity index (χ1n) is 12.1. The second-order valence-electron chi connectivity index (χ2n) is 8.48. The number of carbonyl (C=O) groups is 2. The molecule has 37 heavy (non-hydrogen) atoms. The van der Waals surface area contributed by atoms with Crippen LogP contribution < -0.4 is 19.5 Å². The summed E-state index contributed by atoms with van der Waals surface area (Å²) in [7, 11) is 3.08. The molecule has 0 aliphatic rings. The molecule has 2 amide bonds. The Kier molecular flexibility index (Phi) is 10.6. The molecule has 0 saturated carbocycles. The van der Waals surface area contributed by atoms with Crippen LogP contribution in [-0.4, -0.2) is 50.1 Å². The summed E-state index contributed by atoms with van der Waals surface area (Å²) in [6.45, 7) is 2.46. The topological polar surface area (TPSA) is 77.1 Å². The van der Waals surface area contributed by atoms with Crippen LogP contribution in [0, 0.1) is 0 Å². The molecular weight excluding hydrogens is 492 g/mol. The first kappa shape index (κ1) is 27.9. The lowest BCUT2D eigenvalue weighted by atomic mass is 10.0. The van der Waals surface area contributed by atoms with E-state index in [9.17, 15) is 9.59 Å². The van der Waals surface area contributed by atoms with Crippen LogP contribution in [-0.2, 0) is 22.6 Å². The molecule has 3 aromatic carbocycles. The van der Waals surface area contributed by atoms with Crippen molar-refractivity contribution in [3.05, 3.63) is 88.9 Å². The number of nitrogens with zero attached hydrogens (tertiary/aromatic N) is 1. The van der Waals surface area contributed by atoms with Gasteiger partial charge in [-0.3, -0.25) is 9.59 Å². The molecule has 1 N–H and O–H groups in total. The van der Waals surface area contributed by atoms with Gasteiger partial charge in [0.2, 0.25) is 5.91 Å². The summed E-state index contributed by atoms with van der Waals surface area (Å²) in [5, 5.41) is 3.55. The van der Waals surface area contributed by atoms with Crippen molar-refractivity contribution in [2.24, 2.45) is 0 Å². The van der Waals surface area contributed by atoms with E-state index in [-0.39, 0.29) is 25.0 Å². The fourth-order valence-electron chi connectivity index (χ4n) is 3.80. The summed E-state index contributed by atoms with van der Waals surface area (Å²) >= 11 is 6.07. The number of ether oxygens (including phenoxy) is 3. The number of benzene rings is 3. The molecule has 0 fully saturated rings. The zero-order valence-corrected chi connectivity index (χ0v) is 22.2. The number of carbonyl (C=O) groups excluding carboxylic acids is 2. The Bertz CT molecular complexity index is 1130. The van der Waals surface area contributed by atoms with Gasteiger partial charge in [0.1, 0.15) is 23.3 Å². The van der Waals surface area contributed by atoms with Gasteiger partial charge in [0.05, 0.1) is 14.2 Å². The second kappa shape index (κ2) is 14.1. The summed E-state index contributed by atoms with van der Waals surface area (Å²) in [4.78, 5) is 28.5. The van der Waals surface area contributed by atoms with Crippen LogP contribution in [0.5, 0.6) is 17.2 Å². The van der Waals surface area contributed by atoms with Gasteiger partial charge in [-0.25, -0.2) is 0 Å². The predicted molar refractivity (Wildman–Crippen MR) is 144 cm³/mol. The van der Waals surface area contributed by atoms with Crippen LogP contribution in [0.3, 0.4) is 0 Å². The van der Waals surface area contributed by atoms with Crippen molar-refractivity contribution in [1.82, 2.24) is 10.2 Å². The van der Waals surface area contributed by atoms with Crippen molar-refractivity contribution in [3.8, 4) is 17.2 Å². The number of methoxy groups -OCH3 is 2. The first-order valence-corrected chi connectivity index (χ1v) is 12.5. The highest BCUT2D eigenvalue weighted by Crippen LogP contribution is 2.27. The molecule has 7 nitrogen and oxygen atoms in total. The summed E-state index contributed by atoms with van der Waals surface area (Å²) in [6.07, 6.45) is 1.15. The summed E-state index contributed by atoms with van der Waals surface area (Å²) in [5.74, 6) is 0.966. The lowest BCUT2D eigenvalue weighted by Gasteiger charge is -2.31. The van der Waals surface area contributed by atoms with Crippen LogP contribution in [0.2, 0.25) is 5.02 Å². The van der Waals surface area contributed by atoms with Gasteiger partial charge < -0.3 is 24.4 Å². The van der Waals surface area contributed by atoms with Crippen LogP contribution >= 0.6 is 11.6 Å². The smallest absolute Gasteiger partial charge is 0.261 e. The molecule has 0 spiro atoms. The van der Waals surface area contributed by atoms with Gasteiger partial charge in [-0.1, -0.05) is 61.0 Å². The Balaban J connectivity index is 1.90. The zero-order chi connectivity index (χ0) is 26.6. The highest BCUT2D eigenvalue weighted by molar-refractivity contribution is 6.30. The van der Waals surface area contributed by atoms with E-state index in [1.54, 1.807) is 49.5 Å². The van der Waals surface area contributed by atoms with Gasteiger partial charge in [-0.05, 0) is 29.7 Å². The van der Waals surface area contributed by atoms with Crippen LogP contribution in [0.15, 0.2) is 72.8 Å². The van der Waals surface area contributed by atoms with E-state index in [2.05, 4.69) is 5.32 Å². The highest BCUT2D eigenvalue weighted by atomic mass is 35.5. The largest absolute Gasteiger partial charge is 0.496 e. The van der Waals surface area contributed by atoms with Crippen molar-refractivity contribution < 1.29 is 23.8 Å². The van der Waals surface area contributed by atoms with Gasteiger partial charge in [-0.2, -0.15) is 0 Å². The van der Waals surface area contributed by atoms with E-state index in [0.717, 1.165) is 17.5 Å². The van der Waals surface area contributed by atoms with Gasteiger partial charge in [-0.15, -0.1) is 0 Å². The maximum atomic E-state index is 13.6. The average Bonchev–Trinajstić information content (AvgIpc) is 2.93. The van der Waals surface area contributed by atoms with Gasteiger partial charge in [0.15, 0.2) is 6.61 Å². The molecule has 0 aliphatic carbocycles. The molecule has 0 aliphatic heterocycles.